The number of aliphatic hydroxyl groups excluding tert-OH is 1. The number of aromatic nitrogens is 4. The second kappa shape index (κ2) is 14.8. The van der Waals surface area contributed by atoms with Crippen molar-refractivity contribution in [2.45, 2.75) is 69.0 Å². The van der Waals surface area contributed by atoms with Crippen LogP contribution in [0.15, 0.2) is 97.6 Å². The summed E-state index contributed by atoms with van der Waals surface area (Å²) in [6.45, 7) is 11.3. The first kappa shape index (κ1) is 36.0. The first-order valence-corrected chi connectivity index (χ1v) is 21.1. The van der Waals surface area contributed by atoms with Crippen LogP contribution in [-0.4, -0.2) is 77.2 Å². The van der Waals surface area contributed by atoms with Gasteiger partial charge >= 0.3 is 0 Å². The van der Waals surface area contributed by atoms with E-state index in [9.17, 15) is 5.11 Å². The van der Waals surface area contributed by atoms with E-state index in [1.165, 1.54) is 6.33 Å². The molecule has 0 bridgehead atoms. The second-order valence-electron chi connectivity index (χ2n) is 14.0. The van der Waals surface area contributed by atoms with E-state index in [4.69, 9.17) is 28.6 Å². The summed E-state index contributed by atoms with van der Waals surface area (Å²) in [4.78, 5) is 14.2. The summed E-state index contributed by atoms with van der Waals surface area (Å²) in [7, 11) is -0.423. The summed E-state index contributed by atoms with van der Waals surface area (Å²) in [5.41, 5.74) is 3.19. The Bertz CT molecular complexity index is 1810. The van der Waals surface area contributed by atoms with Gasteiger partial charge in [-0.05, 0) is 53.2 Å². The van der Waals surface area contributed by atoms with Crippen molar-refractivity contribution >= 4 is 37.1 Å². The SMILES string of the molecule is COc1ccc(C(Nc2ncnc3c2ncn3[C@@H]2O[C@H](CO[Si](C)(C)C(C)(C)C)C(OCSC)C2O)(c2ccccc2)c2ccccc2)cc1. The molecule has 1 saturated heterocycles. The third-order valence-corrected chi connectivity index (χ3v) is 14.9. The lowest BCUT2D eigenvalue weighted by Crippen LogP contribution is -2.45. The molecule has 0 aliphatic carbocycles. The average molecular weight is 714 g/mol. The standard InChI is InChI=1S/C38H47N5O5SSi/c1-37(2,3)50(6,7)47-22-30-33(46-25-49-5)32(44)36(48-30)43-24-41-31-34(39-23-40-35(31)43)42-38(26-14-10-8-11-15-26,27-16-12-9-13-17-27)28-18-20-29(45-4)21-19-28/h8-21,23-24,30,32-33,36,44H,22,25H2,1-7H3,(H,39,40,42)/t30-,32?,33?,36-/m1/s1. The number of imidazole rings is 1. The van der Waals surface area contributed by atoms with Gasteiger partial charge in [0.2, 0.25) is 0 Å². The number of rotatable bonds is 13. The highest BCUT2D eigenvalue weighted by Gasteiger charge is 2.48. The van der Waals surface area contributed by atoms with Crippen LogP contribution in [0.3, 0.4) is 0 Å². The number of methoxy groups -OCH3 is 1. The molecule has 5 aromatic rings. The number of hydrogen-bond donors (Lipinski definition) is 2. The summed E-state index contributed by atoms with van der Waals surface area (Å²) in [6, 6.07) is 28.6. The normalized spacial score (nSPS) is 19.9. The van der Waals surface area contributed by atoms with Crippen molar-refractivity contribution in [2.75, 3.05) is 31.2 Å². The minimum Gasteiger partial charge on any atom is -0.497 e. The number of thioether (sulfide) groups is 1. The van der Waals surface area contributed by atoms with Gasteiger partial charge in [0, 0.05) is 0 Å². The zero-order valence-electron chi connectivity index (χ0n) is 29.7. The highest BCUT2D eigenvalue weighted by atomic mass is 32.2. The van der Waals surface area contributed by atoms with Crippen LogP contribution in [0.2, 0.25) is 18.1 Å². The number of anilines is 1. The molecule has 2 N–H and O–H groups in total. The number of nitrogens with zero attached hydrogens (tertiary/aromatic N) is 4. The fourth-order valence-corrected chi connectivity index (χ4v) is 7.49. The largest absolute Gasteiger partial charge is 0.497 e. The van der Waals surface area contributed by atoms with Gasteiger partial charge in [-0.1, -0.05) is 93.6 Å². The van der Waals surface area contributed by atoms with Crippen molar-refractivity contribution in [1.29, 1.82) is 0 Å². The minimum atomic E-state index is -2.08. The van der Waals surface area contributed by atoms with Crippen molar-refractivity contribution in [1.82, 2.24) is 19.5 Å². The Labute approximate surface area is 299 Å². The molecule has 4 atom stereocenters. The van der Waals surface area contributed by atoms with Gasteiger partial charge in [0.25, 0.3) is 0 Å². The molecule has 50 heavy (non-hydrogen) atoms. The zero-order valence-corrected chi connectivity index (χ0v) is 31.6. The quantitative estimate of drug-likeness (QED) is 0.0737. The van der Waals surface area contributed by atoms with Crippen LogP contribution >= 0.6 is 11.8 Å². The lowest BCUT2D eigenvalue weighted by atomic mass is 9.77. The van der Waals surface area contributed by atoms with Gasteiger partial charge < -0.3 is 29.1 Å². The van der Waals surface area contributed by atoms with Crippen LogP contribution in [0.25, 0.3) is 11.2 Å². The summed E-state index contributed by atoms with van der Waals surface area (Å²) >= 11 is 1.55. The van der Waals surface area contributed by atoms with Crippen molar-refractivity contribution < 1.29 is 23.7 Å². The van der Waals surface area contributed by atoms with Crippen molar-refractivity contribution in [3.8, 4) is 5.75 Å². The Balaban J connectivity index is 1.41. The third-order valence-electron chi connectivity index (χ3n) is 9.98. The lowest BCUT2D eigenvalue weighted by molar-refractivity contribution is -0.0522. The van der Waals surface area contributed by atoms with E-state index in [1.54, 1.807) is 29.8 Å². The molecule has 264 valence electrons. The number of hydrogen-bond acceptors (Lipinski definition) is 10. The number of benzene rings is 3. The van der Waals surface area contributed by atoms with E-state index < -0.39 is 38.4 Å². The van der Waals surface area contributed by atoms with Crippen LogP contribution in [0, 0.1) is 0 Å². The summed E-state index contributed by atoms with van der Waals surface area (Å²) in [5.74, 6) is 1.70. The monoisotopic (exact) mass is 713 g/mol. The van der Waals surface area contributed by atoms with Crippen molar-refractivity contribution in [3.63, 3.8) is 0 Å². The van der Waals surface area contributed by atoms with Gasteiger partial charge in [-0.2, -0.15) is 0 Å². The topological polar surface area (TPSA) is 113 Å². The Hall–Kier alpha value is -3.78. The predicted octanol–water partition coefficient (Wildman–Crippen LogP) is 7.22. The molecule has 0 saturated carbocycles. The maximum atomic E-state index is 11.7. The molecule has 1 aliphatic heterocycles. The molecule has 12 heteroatoms. The fraction of sp³-hybridized carbons (Fsp3) is 0.395. The minimum absolute atomic E-state index is 0.0284. The van der Waals surface area contributed by atoms with Crippen molar-refractivity contribution in [2.24, 2.45) is 0 Å². The Kier molecular flexibility index (Phi) is 10.7. The van der Waals surface area contributed by atoms with Crippen LogP contribution in [0.4, 0.5) is 5.82 Å². The molecule has 10 nitrogen and oxygen atoms in total. The molecule has 1 aliphatic rings. The Morgan fingerprint density at radius 1 is 0.900 bits per heavy atom. The second-order valence-corrected chi connectivity index (χ2v) is 19.7. The molecule has 6 rings (SSSR count). The highest BCUT2D eigenvalue weighted by molar-refractivity contribution is 7.98. The molecule has 3 aromatic carbocycles. The van der Waals surface area contributed by atoms with E-state index >= 15 is 0 Å². The maximum absolute atomic E-state index is 11.7. The van der Waals surface area contributed by atoms with Gasteiger partial charge in [-0.3, -0.25) is 4.57 Å². The summed E-state index contributed by atoms with van der Waals surface area (Å²) in [5, 5.41) is 15.5. The van der Waals surface area contributed by atoms with Gasteiger partial charge in [0.05, 0.1) is 26.0 Å². The highest BCUT2D eigenvalue weighted by Crippen LogP contribution is 2.42. The lowest BCUT2D eigenvalue weighted by Gasteiger charge is -2.37. The molecule has 2 unspecified atom stereocenters. The Morgan fingerprint density at radius 2 is 1.52 bits per heavy atom. The fourth-order valence-electron chi connectivity index (χ4n) is 6.18. The Morgan fingerprint density at radius 3 is 2.10 bits per heavy atom. The van der Waals surface area contributed by atoms with Crippen LogP contribution < -0.4 is 10.1 Å². The van der Waals surface area contributed by atoms with Crippen molar-refractivity contribution in [3.05, 3.63) is 114 Å². The summed E-state index contributed by atoms with van der Waals surface area (Å²) in [6.07, 6.45) is 2.29. The molecule has 0 spiro atoms. The summed E-state index contributed by atoms with van der Waals surface area (Å²) < 4.78 is 26.5. The first-order chi connectivity index (χ1) is 24.0. The van der Waals surface area contributed by atoms with E-state index in [2.05, 4.69) is 80.6 Å². The number of ether oxygens (including phenoxy) is 3. The zero-order chi connectivity index (χ0) is 35.5. The third kappa shape index (κ3) is 6.92. The molecule has 3 heterocycles. The molecule has 2 aromatic heterocycles. The molecular formula is C38H47N5O5SSi. The van der Waals surface area contributed by atoms with Crippen LogP contribution in [-0.2, 0) is 19.4 Å². The van der Waals surface area contributed by atoms with Crippen LogP contribution in [0.1, 0.15) is 43.7 Å². The van der Waals surface area contributed by atoms with Crippen LogP contribution in [0.5, 0.6) is 5.75 Å². The molecular weight excluding hydrogens is 667 g/mol. The number of fused-ring (bicyclic) bond motifs is 1. The van der Waals surface area contributed by atoms with E-state index in [0.29, 0.717) is 29.5 Å². The maximum Gasteiger partial charge on any atom is 0.192 e. The van der Waals surface area contributed by atoms with Gasteiger partial charge in [0.1, 0.15) is 35.9 Å². The predicted molar refractivity (Wildman–Crippen MR) is 201 cm³/mol. The van der Waals surface area contributed by atoms with E-state index in [-0.39, 0.29) is 5.04 Å². The smallest absolute Gasteiger partial charge is 0.192 e. The van der Waals surface area contributed by atoms with Gasteiger partial charge in [0.15, 0.2) is 31.5 Å². The van der Waals surface area contributed by atoms with Gasteiger partial charge in [-0.25, -0.2) is 15.0 Å². The average Bonchev–Trinajstić information content (AvgIpc) is 3.69. The number of nitrogens with one attached hydrogen (secondary N) is 1. The number of aliphatic hydroxyl groups is 1. The molecule has 0 amide bonds. The van der Waals surface area contributed by atoms with E-state index in [1.807, 2.05) is 54.8 Å². The molecule has 1 fully saturated rings. The van der Waals surface area contributed by atoms with Gasteiger partial charge in [-0.15, -0.1) is 11.8 Å². The molecule has 0 radical (unpaired) electrons. The van der Waals surface area contributed by atoms with E-state index in [0.717, 1.165) is 22.4 Å². The first-order valence-electron chi connectivity index (χ1n) is 16.8.